The van der Waals surface area contributed by atoms with Gasteiger partial charge in [-0.2, -0.15) is 10.0 Å². The summed E-state index contributed by atoms with van der Waals surface area (Å²) in [7, 11) is -2.88. The van der Waals surface area contributed by atoms with E-state index in [2.05, 4.69) is 240 Å². The lowest BCUT2D eigenvalue weighted by Gasteiger charge is -2.47. The number of para-hydroxylation sites is 4. The highest BCUT2D eigenvalue weighted by Gasteiger charge is 2.53. The normalized spacial score (nSPS) is 17.8. The van der Waals surface area contributed by atoms with Gasteiger partial charge in [0.1, 0.15) is 8.07 Å². The van der Waals surface area contributed by atoms with E-state index in [4.69, 9.17) is 0 Å². The highest BCUT2D eigenvalue weighted by molar-refractivity contribution is 8.34. The maximum absolute atomic E-state index is 2.60. The zero-order valence-electron chi connectivity index (χ0n) is 40.9. The second-order valence-corrected chi connectivity index (χ2v) is 29.1. The zero-order valence-corrected chi connectivity index (χ0v) is 42.7. The second-order valence-electron chi connectivity index (χ2n) is 21.4. The molecule has 0 amide bonds. The molecule has 0 radical (unpaired) electrons. The van der Waals surface area contributed by atoms with Crippen LogP contribution in [0.25, 0.3) is 45.2 Å². The fourth-order valence-corrected chi connectivity index (χ4v) is 25.0. The molecule has 16 rings (SSSR count). The summed E-state index contributed by atoms with van der Waals surface area (Å²) in [5.41, 5.74) is 20.6. The van der Waals surface area contributed by atoms with E-state index in [9.17, 15) is 0 Å². The van der Waals surface area contributed by atoms with Crippen LogP contribution in [0.5, 0.6) is 0 Å². The van der Waals surface area contributed by atoms with Crippen LogP contribution in [0.3, 0.4) is 0 Å². The lowest BCUT2D eigenvalue weighted by molar-refractivity contribution is 0.793. The third-order valence-corrected chi connectivity index (χ3v) is 27.7. The number of benzene rings is 10. The first-order chi connectivity index (χ1) is 36.1. The van der Waals surface area contributed by atoms with Crippen molar-refractivity contribution in [3.8, 4) is 22.3 Å². The smallest absolute Gasteiger partial charge is 0.123 e. The van der Waals surface area contributed by atoms with E-state index >= 15 is 0 Å². The zero-order chi connectivity index (χ0) is 47.9. The van der Waals surface area contributed by atoms with Gasteiger partial charge in [0.15, 0.2) is 0 Å². The van der Waals surface area contributed by atoms with Crippen molar-refractivity contribution in [3.05, 3.63) is 252 Å². The Morgan fingerprint density at radius 1 is 0.370 bits per heavy atom. The van der Waals surface area contributed by atoms with Crippen LogP contribution in [0.4, 0.5) is 34.1 Å². The minimum atomic E-state index is -1.78. The summed E-state index contributed by atoms with van der Waals surface area (Å²) in [4.78, 5) is 8.26. The van der Waals surface area contributed by atoms with Gasteiger partial charge in [0.05, 0.1) is 16.8 Å². The highest BCUT2D eigenvalue weighted by atomic mass is 32.3. The Kier molecular flexibility index (Phi) is 9.01. The van der Waals surface area contributed by atoms with E-state index < -0.39 is 23.5 Å². The Bertz CT molecular complexity index is 3840. The first kappa shape index (κ1) is 41.9. The Hall–Kier alpha value is -7.63. The maximum Gasteiger partial charge on any atom is 0.123 e. The van der Waals surface area contributed by atoms with Crippen LogP contribution in [0.15, 0.2) is 228 Å². The van der Waals surface area contributed by atoms with E-state index in [0.717, 1.165) is 0 Å². The van der Waals surface area contributed by atoms with Crippen molar-refractivity contribution in [2.45, 2.75) is 53.0 Å². The summed E-state index contributed by atoms with van der Waals surface area (Å²) < 4.78 is 0. The van der Waals surface area contributed by atoms with Crippen LogP contribution in [0.1, 0.15) is 59.1 Å². The molecule has 2 fully saturated rings. The van der Waals surface area contributed by atoms with E-state index in [1.54, 1.807) is 20.2 Å². The summed E-state index contributed by atoms with van der Waals surface area (Å²) in [5, 5.41) is 5.75. The second kappa shape index (κ2) is 15.7. The summed E-state index contributed by atoms with van der Waals surface area (Å²) >= 11 is 0. The summed E-state index contributed by atoms with van der Waals surface area (Å²) in [6.07, 6.45) is 9.95. The van der Waals surface area contributed by atoms with Gasteiger partial charge in [0, 0.05) is 32.5 Å². The van der Waals surface area contributed by atoms with Crippen LogP contribution < -0.4 is 20.2 Å². The Morgan fingerprint density at radius 3 is 1.48 bits per heavy atom. The first-order valence-electron chi connectivity index (χ1n) is 26.6. The number of fused-ring (bicyclic) bond motifs is 19. The molecule has 6 aliphatic rings. The van der Waals surface area contributed by atoms with Crippen molar-refractivity contribution >= 4 is 85.5 Å². The number of nitrogens with zero attached hydrogens (tertiary/aromatic N) is 2. The molecule has 3 spiro atoms. The molecular formula is C69H54N2SSi. The number of hydrogen-bond acceptors (Lipinski definition) is 2. The van der Waals surface area contributed by atoms with E-state index in [0.29, 0.717) is 0 Å². The number of hydrogen-bond donors (Lipinski definition) is 0. The monoisotopic (exact) mass is 970 g/mol. The van der Waals surface area contributed by atoms with Gasteiger partial charge >= 0.3 is 0 Å². The van der Waals surface area contributed by atoms with Gasteiger partial charge in [-0.15, -0.1) is 0 Å². The molecule has 2 saturated heterocycles. The van der Waals surface area contributed by atoms with Crippen LogP contribution in [-0.4, -0.2) is 19.6 Å². The molecule has 4 heterocycles. The molecule has 73 heavy (non-hydrogen) atoms. The maximum atomic E-state index is 2.60. The molecule has 0 saturated carbocycles. The predicted octanol–water partition coefficient (Wildman–Crippen LogP) is 17.3. The summed E-state index contributed by atoms with van der Waals surface area (Å²) in [6, 6.07) is 87.2. The van der Waals surface area contributed by atoms with Gasteiger partial charge < -0.3 is 9.80 Å². The number of rotatable bonds is 4. The minimum Gasteiger partial charge on any atom is -0.311 e. The summed E-state index contributed by atoms with van der Waals surface area (Å²) in [5.74, 6) is 2.57. The SMILES string of the molecule is C(=C\c1ccc2cc(N3c4ccccc4[Si]4(CCCC4)c4ccccc43)ccc2c1)/c1ccc2c(c1)C1(c3ccccc3-c3ccccc31)c1cc(N3c4ccccc4S4(CCCC4)c4ccccc43)ccc1-2. The molecule has 0 N–H and O–H groups in total. The summed E-state index contributed by atoms with van der Waals surface area (Å²) in [6.45, 7) is 0. The van der Waals surface area contributed by atoms with E-state index in [1.165, 1.54) is 150 Å². The van der Waals surface area contributed by atoms with Gasteiger partial charge in [-0.05, 0) is 186 Å². The first-order valence-corrected chi connectivity index (χ1v) is 31.0. The van der Waals surface area contributed by atoms with Crippen molar-refractivity contribution in [1.29, 1.82) is 0 Å². The molecular weight excluding hydrogens is 917 g/mol. The van der Waals surface area contributed by atoms with Gasteiger partial charge in [-0.1, -0.05) is 171 Å². The minimum absolute atomic E-state index is 0.472. The van der Waals surface area contributed by atoms with Crippen LogP contribution >= 0.6 is 10.0 Å². The third-order valence-electron chi connectivity index (χ3n) is 18.0. The van der Waals surface area contributed by atoms with Crippen molar-refractivity contribution in [3.63, 3.8) is 0 Å². The molecule has 0 aromatic heterocycles. The fraction of sp³-hybridized carbons (Fsp3) is 0.130. The van der Waals surface area contributed by atoms with Crippen molar-refractivity contribution in [2.75, 3.05) is 21.3 Å². The molecule has 2 nitrogen and oxygen atoms in total. The molecule has 2 aliphatic carbocycles. The largest absolute Gasteiger partial charge is 0.311 e. The van der Waals surface area contributed by atoms with Gasteiger partial charge in [-0.3, -0.25) is 0 Å². The molecule has 0 atom stereocenters. The van der Waals surface area contributed by atoms with Gasteiger partial charge in [0.25, 0.3) is 0 Å². The van der Waals surface area contributed by atoms with Gasteiger partial charge in [0.2, 0.25) is 0 Å². The third kappa shape index (κ3) is 5.71. The predicted molar refractivity (Wildman–Crippen MR) is 312 cm³/mol. The molecule has 10 aromatic carbocycles. The number of anilines is 6. The Balaban J connectivity index is 0.794. The average molecular weight is 971 g/mol. The van der Waals surface area contributed by atoms with E-state index in [1.807, 2.05) is 0 Å². The topological polar surface area (TPSA) is 6.48 Å². The molecule has 4 heteroatoms. The lowest BCUT2D eigenvalue weighted by atomic mass is 9.70. The van der Waals surface area contributed by atoms with Crippen molar-refractivity contribution < 1.29 is 0 Å². The quantitative estimate of drug-likeness (QED) is 0.128. The molecule has 0 bridgehead atoms. The van der Waals surface area contributed by atoms with E-state index in [-0.39, 0.29) is 0 Å². The lowest BCUT2D eigenvalue weighted by Crippen LogP contribution is -2.60. The Labute approximate surface area is 431 Å². The molecule has 4 aliphatic heterocycles. The Morgan fingerprint density at radius 2 is 0.822 bits per heavy atom. The van der Waals surface area contributed by atoms with Crippen LogP contribution in [-0.2, 0) is 5.41 Å². The van der Waals surface area contributed by atoms with Crippen molar-refractivity contribution in [2.24, 2.45) is 0 Å². The molecule has 10 aromatic rings. The standard InChI is InChI=1S/C69H54N2SSi/c1-3-19-57-53(17-1)54-18-2-4-20-58(54)69(57)59-44-48(32-37-55(59)56-38-36-52(46-60(56)69)70-61-21-5-9-25-65(61)72(39-13-14-40-72)66-26-10-6-22-62(66)70)30-29-47-31-33-50-45-51(35-34-49(50)43-47)71-63-23-7-11-27-67(63)73(41-15-16-42-73)68-28-12-8-24-64(68)71/h1-12,17-38,43-46H,13-16,39-42H2/b30-29+. The van der Waals surface area contributed by atoms with Crippen molar-refractivity contribution in [1.82, 2.24) is 0 Å². The van der Waals surface area contributed by atoms with Gasteiger partial charge in [-0.25, -0.2) is 0 Å². The molecule has 350 valence electrons. The van der Waals surface area contributed by atoms with Crippen LogP contribution in [0, 0.1) is 0 Å². The van der Waals surface area contributed by atoms with Crippen LogP contribution in [0.2, 0.25) is 12.1 Å². The fourth-order valence-electron chi connectivity index (χ4n) is 15.0. The average Bonchev–Trinajstić information content (AvgIpc) is 4.27. The highest BCUT2D eigenvalue weighted by Crippen LogP contribution is 2.74. The molecule has 0 unspecified atom stereocenters.